The molecule has 41 heavy (non-hydrogen) atoms. The number of carboxylic acids is 2. The van der Waals surface area contributed by atoms with Crippen molar-refractivity contribution in [2.24, 2.45) is 5.73 Å². The highest BCUT2D eigenvalue weighted by atomic mass is 16.5. The fourth-order valence-corrected chi connectivity index (χ4v) is 4.80. The summed E-state index contributed by atoms with van der Waals surface area (Å²) in [4.78, 5) is 27.8. The molecule has 1 aliphatic rings. The van der Waals surface area contributed by atoms with Crippen LogP contribution in [-0.2, 0) is 9.59 Å². The lowest BCUT2D eigenvalue weighted by Crippen LogP contribution is -2.36. The Kier molecular flexibility index (Phi) is 9.27. The Balaban J connectivity index is 0.000000426. The zero-order valence-corrected chi connectivity index (χ0v) is 22.3. The lowest BCUT2D eigenvalue weighted by atomic mass is 9.80. The molecule has 1 fully saturated rings. The van der Waals surface area contributed by atoms with Crippen molar-refractivity contribution in [1.29, 1.82) is 0 Å². The molecule has 2 aromatic heterocycles. The van der Waals surface area contributed by atoms with Gasteiger partial charge < -0.3 is 31.5 Å². The van der Waals surface area contributed by atoms with Crippen LogP contribution in [0.3, 0.4) is 0 Å². The average Bonchev–Trinajstić information content (AvgIpc) is 3.35. The number of aliphatic hydroxyl groups is 1. The van der Waals surface area contributed by atoms with Gasteiger partial charge in [-0.2, -0.15) is 5.10 Å². The molecule has 4 aromatic rings. The number of para-hydroxylation sites is 1. The third-order valence-corrected chi connectivity index (χ3v) is 6.83. The van der Waals surface area contributed by atoms with Crippen LogP contribution >= 0.6 is 0 Å². The molecule has 0 unspecified atom stereocenters. The van der Waals surface area contributed by atoms with Crippen LogP contribution < -0.4 is 16.2 Å². The van der Waals surface area contributed by atoms with E-state index in [2.05, 4.69) is 9.97 Å². The Labute approximate surface area is 235 Å². The number of ether oxygens (including phenoxy) is 1. The number of fused-ring (bicyclic) bond motifs is 1. The molecular formula is C29H32N6O6. The predicted molar refractivity (Wildman–Crippen MR) is 152 cm³/mol. The molecule has 5 rings (SSSR count). The number of aromatic nitrogens is 4. The van der Waals surface area contributed by atoms with Crippen molar-refractivity contribution < 1.29 is 29.6 Å². The normalized spacial score (nSPS) is 18.5. The molecule has 12 nitrogen and oxygen atoms in total. The molecule has 7 N–H and O–H groups in total. The first-order valence-electron chi connectivity index (χ1n) is 13.1. The molecule has 0 saturated heterocycles. The largest absolute Gasteiger partial charge is 0.478 e. The van der Waals surface area contributed by atoms with Gasteiger partial charge in [0, 0.05) is 17.7 Å². The number of aliphatic carboxylic acids is 2. The van der Waals surface area contributed by atoms with E-state index in [-0.39, 0.29) is 6.04 Å². The molecule has 0 amide bonds. The Bertz CT molecular complexity index is 1500. The van der Waals surface area contributed by atoms with Crippen LogP contribution in [0.4, 0.5) is 5.82 Å². The zero-order chi connectivity index (χ0) is 29.4. The molecule has 1 aliphatic carbocycles. The van der Waals surface area contributed by atoms with E-state index in [1.54, 1.807) is 0 Å². The summed E-state index contributed by atoms with van der Waals surface area (Å²) in [6, 6.07) is 17.6. The molecule has 0 aliphatic heterocycles. The SMILES string of the molecule is NCC[C@]1(O)CC[C@H](n2nc(-c3ccc(Oc4ccccc4)cc3)c3c(N)ncnc32)CC1.O=C(O)/C=C\C(=O)O. The second-order valence-corrected chi connectivity index (χ2v) is 9.69. The second-order valence-electron chi connectivity index (χ2n) is 9.69. The fourth-order valence-electron chi connectivity index (χ4n) is 4.80. The van der Waals surface area contributed by atoms with Crippen molar-refractivity contribution >= 4 is 28.8 Å². The van der Waals surface area contributed by atoms with E-state index in [1.165, 1.54) is 6.33 Å². The van der Waals surface area contributed by atoms with Gasteiger partial charge in [-0.1, -0.05) is 18.2 Å². The minimum Gasteiger partial charge on any atom is -0.478 e. The Hall–Kier alpha value is -4.81. The smallest absolute Gasteiger partial charge is 0.328 e. The number of nitrogen functional groups attached to an aromatic ring is 1. The van der Waals surface area contributed by atoms with Crippen molar-refractivity contribution in [3.05, 3.63) is 73.1 Å². The molecule has 2 aromatic carbocycles. The van der Waals surface area contributed by atoms with E-state index < -0.39 is 17.5 Å². The van der Waals surface area contributed by atoms with E-state index in [1.807, 2.05) is 59.3 Å². The first-order chi connectivity index (χ1) is 19.7. The van der Waals surface area contributed by atoms with Gasteiger partial charge in [-0.3, -0.25) is 0 Å². The number of rotatable bonds is 8. The number of benzene rings is 2. The highest BCUT2D eigenvalue weighted by molar-refractivity contribution is 5.98. The second kappa shape index (κ2) is 13.0. The van der Waals surface area contributed by atoms with E-state index in [0.717, 1.165) is 46.6 Å². The van der Waals surface area contributed by atoms with E-state index >= 15 is 0 Å². The number of anilines is 1. The lowest BCUT2D eigenvalue weighted by Gasteiger charge is -2.36. The molecule has 0 bridgehead atoms. The summed E-state index contributed by atoms with van der Waals surface area (Å²) in [5, 5.41) is 32.1. The summed E-state index contributed by atoms with van der Waals surface area (Å²) in [5.41, 5.74) is 13.7. The van der Waals surface area contributed by atoms with Gasteiger partial charge >= 0.3 is 11.9 Å². The first kappa shape index (κ1) is 29.2. The number of nitrogens with zero attached hydrogens (tertiary/aromatic N) is 4. The summed E-state index contributed by atoms with van der Waals surface area (Å²) in [6.45, 7) is 0.490. The van der Waals surface area contributed by atoms with E-state index in [4.69, 9.17) is 31.5 Å². The summed E-state index contributed by atoms with van der Waals surface area (Å²) in [5.74, 6) is -0.588. The molecule has 0 atom stereocenters. The maximum absolute atomic E-state index is 10.7. The van der Waals surface area contributed by atoms with Crippen LogP contribution in [0.1, 0.15) is 38.1 Å². The number of hydrogen-bond acceptors (Lipinski definition) is 9. The Morgan fingerprint density at radius 3 is 2.17 bits per heavy atom. The fraction of sp³-hybridized carbons (Fsp3) is 0.276. The van der Waals surface area contributed by atoms with E-state index in [9.17, 15) is 14.7 Å². The van der Waals surface area contributed by atoms with Crippen LogP contribution in [-0.4, -0.2) is 59.2 Å². The molecule has 0 spiro atoms. The van der Waals surface area contributed by atoms with Crippen molar-refractivity contribution in [1.82, 2.24) is 19.7 Å². The monoisotopic (exact) mass is 560 g/mol. The zero-order valence-electron chi connectivity index (χ0n) is 22.3. The van der Waals surface area contributed by atoms with Crippen molar-refractivity contribution in [3.63, 3.8) is 0 Å². The lowest BCUT2D eigenvalue weighted by molar-refractivity contribution is -0.134. The third kappa shape index (κ3) is 7.44. The van der Waals surface area contributed by atoms with Crippen LogP contribution in [0, 0.1) is 0 Å². The van der Waals surface area contributed by atoms with Crippen LogP contribution in [0.2, 0.25) is 0 Å². The van der Waals surface area contributed by atoms with Gasteiger partial charge in [-0.05, 0) is 75.0 Å². The predicted octanol–water partition coefficient (Wildman–Crippen LogP) is 3.77. The minimum atomic E-state index is -1.26. The highest BCUT2D eigenvalue weighted by Crippen LogP contribution is 2.40. The first-order valence-corrected chi connectivity index (χ1v) is 13.1. The summed E-state index contributed by atoms with van der Waals surface area (Å²) in [6.07, 6.45) is 6.21. The van der Waals surface area contributed by atoms with Crippen LogP contribution in [0.15, 0.2) is 73.1 Å². The van der Waals surface area contributed by atoms with Crippen LogP contribution in [0.5, 0.6) is 11.5 Å². The highest BCUT2D eigenvalue weighted by Gasteiger charge is 2.34. The van der Waals surface area contributed by atoms with Crippen LogP contribution in [0.25, 0.3) is 22.3 Å². The third-order valence-electron chi connectivity index (χ3n) is 6.83. The van der Waals surface area contributed by atoms with Crippen molar-refractivity contribution in [3.8, 4) is 22.8 Å². The standard InChI is InChI=1S/C25H28N6O2.C4H4O4/c26-15-14-25(32)12-10-18(11-13-25)31-24-21(23(27)28-16-29-24)22(30-31)17-6-8-20(9-7-17)33-19-4-2-1-3-5-19;5-3(6)1-2-4(7)8/h1-9,16,18,32H,10-15,26H2,(H2,27,28,29);1-2H,(H,5,6)(H,7,8)/b;2-1-/t18-,25-;. The summed E-state index contributed by atoms with van der Waals surface area (Å²) in [7, 11) is 0. The number of carboxylic acid groups (broad SMARTS) is 2. The maximum Gasteiger partial charge on any atom is 0.328 e. The van der Waals surface area contributed by atoms with Gasteiger partial charge in [-0.15, -0.1) is 0 Å². The summed E-state index contributed by atoms with van der Waals surface area (Å²) >= 11 is 0. The van der Waals surface area contributed by atoms with Gasteiger partial charge in [-0.25, -0.2) is 24.2 Å². The molecular weight excluding hydrogens is 528 g/mol. The number of nitrogens with two attached hydrogens (primary N) is 2. The Morgan fingerprint density at radius 2 is 1.59 bits per heavy atom. The molecule has 12 heteroatoms. The maximum atomic E-state index is 10.7. The Morgan fingerprint density at radius 1 is 0.976 bits per heavy atom. The molecule has 2 heterocycles. The van der Waals surface area contributed by atoms with Gasteiger partial charge in [0.15, 0.2) is 5.65 Å². The topological polar surface area (TPSA) is 200 Å². The molecule has 1 saturated carbocycles. The number of hydrogen-bond donors (Lipinski definition) is 5. The summed E-state index contributed by atoms with van der Waals surface area (Å²) < 4.78 is 7.87. The van der Waals surface area contributed by atoms with Gasteiger partial charge in [0.2, 0.25) is 0 Å². The average molecular weight is 561 g/mol. The van der Waals surface area contributed by atoms with Crippen molar-refractivity contribution in [2.75, 3.05) is 12.3 Å². The molecule has 214 valence electrons. The minimum absolute atomic E-state index is 0.134. The van der Waals surface area contributed by atoms with E-state index in [0.29, 0.717) is 43.8 Å². The number of carbonyl (C=O) groups is 2. The van der Waals surface area contributed by atoms with Crippen molar-refractivity contribution in [2.45, 2.75) is 43.7 Å². The molecule has 0 radical (unpaired) electrons. The van der Waals surface area contributed by atoms with Gasteiger partial charge in [0.25, 0.3) is 0 Å². The van der Waals surface area contributed by atoms with Gasteiger partial charge in [0.1, 0.15) is 29.3 Å². The quantitative estimate of drug-likeness (QED) is 0.196. The van der Waals surface area contributed by atoms with Gasteiger partial charge in [0.05, 0.1) is 17.0 Å².